The largest absolute Gasteiger partial charge is 0.323 e. The van der Waals surface area contributed by atoms with Crippen molar-refractivity contribution in [2.75, 3.05) is 11.1 Å². The zero-order valence-corrected chi connectivity index (χ0v) is 20.3. The molecule has 0 saturated carbocycles. The molecule has 0 atom stereocenters. The van der Waals surface area contributed by atoms with E-state index in [1.54, 1.807) is 0 Å². The molecule has 0 unspecified atom stereocenters. The molecule has 2 aromatic heterocycles. The van der Waals surface area contributed by atoms with E-state index in [1.165, 1.54) is 17.3 Å². The van der Waals surface area contributed by atoms with Gasteiger partial charge in [-0.2, -0.15) is 5.10 Å². The fourth-order valence-electron chi connectivity index (χ4n) is 3.73. The van der Waals surface area contributed by atoms with E-state index < -0.39 is 0 Å². The van der Waals surface area contributed by atoms with Crippen molar-refractivity contribution in [1.82, 2.24) is 24.5 Å². The second-order valence-electron chi connectivity index (χ2n) is 7.90. The van der Waals surface area contributed by atoms with Gasteiger partial charge in [0.1, 0.15) is 5.82 Å². The first-order valence-corrected chi connectivity index (χ1v) is 12.2. The van der Waals surface area contributed by atoms with Gasteiger partial charge in [-0.25, -0.2) is 4.68 Å². The SMILES string of the molecule is C=CCn1c(Cc2ccccc2)nnc1SCCC(=O)Nc1c(C)nn(-c2ccccc2)c1C. The number of allylic oxidation sites excluding steroid dienone is 1. The number of nitrogens with one attached hydrogen (secondary N) is 1. The molecule has 1 N–H and O–H groups in total. The summed E-state index contributed by atoms with van der Waals surface area (Å²) < 4.78 is 3.91. The maximum Gasteiger partial charge on any atom is 0.225 e. The summed E-state index contributed by atoms with van der Waals surface area (Å²) >= 11 is 1.53. The highest BCUT2D eigenvalue weighted by Crippen LogP contribution is 2.24. The van der Waals surface area contributed by atoms with E-state index in [-0.39, 0.29) is 5.91 Å². The van der Waals surface area contributed by atoms with Gasteiger partial charge in [0.25, 0.3) is 0 Å². The van der Waals surface area contributed by atoms with Crippen molar-refractivity contribution in [2.24, 2.45) is 0 Å². The zero-order valence-electron chi connectivity index (χ0n) is 19.4. The quantitative estimate of drug-likeness (QED) is 0.260. The Bertz CT molecular complexity index is 1260. The standard InChI is InChI=1S/C26H28N6OS/c1-4-16-31-23(18-21-11-7-5-8-12-21)28-29-26(31)34-17-15-24(33)27-25-19(2)30-32(20(25)3)22-13-9-6-10-14-22/h4-14H,1,15-18H2,2-3H3,(H,27,33). The van der Waals surface area contributed by atoms with Crippen LogP contribution in [0.15, 0.2) is 78.5 Å². The lowest BCUT2D eigenvalue weighted by Crippen LogP contribution is -2.14. The summed E-state index contributed by atoms with van der Waals surface area (Å²) in [5.74, 6) is 1.43. The number of thioether (sulfide) groups is 1. The van der Waals surface area contributed by atoms with Crippen molar-refractivity contribution in [1.29, 1.82) is 0 Å². The Balaban J connectivity index is 1.37. The average molecular weight is 473 g/mol. The van der Waals surface area contributed by atoms with E-state index in [1.807, 2.05) is 73.1 Å². The molecule has 0 radical (unpaired) electrons. The zero-order chi connectivity index (χ0) is 23.9. The molecular formula is C26H28N6OS. The summed E-state index contributed by atoms with van der Waals surface area (Å²) in [4.78, 5) is 12.7. The van der Waals surface area contributed by atoms with Gasteiger partial charge >= 0.3 is 0 Å². The van der Waals surface area contributed by atoms with Gasteiger partial charge in [0.15, 0.2) is 5.16 Å². The predicted molar refractivity (Wildman–Crippen MR) is 136 cm³/mol. The molecule has 7 nitrogen and oxygen atoms in total. The molecule has 0 aliphatic carbocycles. The van der Waals surface area contributed by atoms with Crippen molar-refractivity contribution in [3.63, 3.8) is 0 Å². The Morgan fingerprint density at radius 1 is 1.06 bits per heavy atom. The molecule has 4 rings (SSSR count). The summed E-state index contributed by atoms with van der Waals surface area (Å²) in [7, 11) is 0. The molecule has 4 aromatic rings. The van der Waals surface area contributed by atoms with E-state index in [0.717, 1.165) is 33.7 Å². The van der Waals surface area contributed by atoms with Crippen LogP contribution >= 0.6 is 11.8 Å². The highest BCUT2D eigenvalue weighted by Gasteiger charge is 2.16. The number of amides is 1. The molecule has 0 fully saturated rings. The smallest absolute Gasteiger partial charge is 0.225 e. The number of carbonyl (C=O) groups is 1. The van der Waals surface area contributed by atoms with Gasteiger partial charge in [-0.05, 0) is 31.5 Å². The third-order valence-electron chi connectivity index (χ3n) is 5.43. The maximum atomic E-state index is 12.7. The minimum atomic E-state index is -0.0504. The van der Waals surface area contributed by atoms with Gasteiger partial charge in [-0.3, -0.25) is 4.79 Å². The maximum absolute atomic E-state index is 12.7. The average Bonchev–Trinajstić information content (AvgIpc) is 3.35. The van der Waals surface area contributed by atoms with Crippen molar-refractivity contribution in [3.05, 3.63) is 96.1 Å². The normalized spacial score (nSPS) is 10.9. The molecule has 0 bridgehead atoms. The first-order chi connectivity index (χ1) is 16.6. The van der Waals surface area contributed by atoms with Crippen LogP contribution in [0.5, 0.6) is 0 Å². The lowest BCUT2D eigenvalue weighted by atomic mass is 10.1. The number of rotatable bonds is 10. The number of hydrogen-bond donors (Lipinski definition) is 1. The van der Waals surface area contributed by atoms with Gasteiger partial charge < -0.3 is 9.88 Å². The summed E-state index contributed by atoms with van der Waals surface area (Å²) in [6, 6.07) is 20.1. The number of nitrogens with zero attached hydrogens (tertiary/aromatic N) is 5. The molecule has 0 aliphatic heterocycles. The van der Waals surface area contributed by atoms with Crippen LogP contribution in [0.2, 0.25) is 0 Å². The number of carbonyl (C=O) groups excluding carboxylic acids is 1. The Labute approximate surface area is 203 Å². The van der Waals surface area contributed by atoms with E-state index in [9.17, 15) is 4.79 Å². The predicted octanol–water partition coefficient (Wildman–Crippen LogP) is 4.98. The summed E-state index contributed by atoms with van der Waals surface area (Å²) in [5.41, 5.74) is 4.60. The topological polar surface area (TPSA) is 77.6 Å². The van der Waals surface area contributed by atoms with Gasteiger partial charge in [0, 0.05) is 25.1 Å². The van der Waals surface area contributed by atoms with Crippen LogP contribution in [-0.2, 0) is 17.8 Å². The number of anilines is 1. The Morgan fingerprint density at radius 2 is 1.76 bits per heavy atom. The van der Waals surface area contributed by atoms with Crippen LogP contribution in [0, 0.1) is 13.8 Å². The summed E-state index contributed by atoms with van der Waals surface area (Å²) in [6.45, 7) is 8.36. The molecule has 0 spiro atoms. The van der Waals surface area contributed by atoms with E-state index in [0.29, 0.717) is 25.1 Å². The monoisotopic (exact) mass is 472 g/mol. The van der Waals surface area contributed by atoms with Crippen LogP contribution in [0.4, 0.5) is 5.69 Å². The third-order valence-corrected chi connectivity index (χ3v) is 6.40. The molecule has 0 aliphatic rings. The van der Waals surface area contributed by atoms with Gasteiger partial charge in [0.2, 0.25) is 5.91 Å². The Kier molecular flexibility index (Phi) is 7.59. The van der Waals surface area contributed by atoms with Gasteiger partial charge in [-0.15, -0.1) is 16.8 Å². The molecule has 1 amide bonds. The lowest BCUT2D eigenvalue weighted by Gasteiger charge is -2.09. The van der Waals surface area contributed by atoms with E-state index >= 15 is 0 Å². The lowest BCUT2D eigenvalue weighted by molar-refractivity contribution is -0.115. The number of aryl methyl sites for hydroxylation is 1. The van der Waals surface area contributed by atoms with E-state index in [4.69, 9.17) is 0 Å². The van der Waals surface area contributed by atoms with Gasteiger partial charge in [-0.1, -0.05) is 66.4 Å². The molecule has 174 valence electrons. The van der Waals surface area contributed by atoms with Crippen LogP contribution in [0.1, 0.15) is 29.2 Å². The fraction of sp³-hybridized carbons (Fsp3) is 0.231. The first kappa shape index (κ1) is 23.5. The molecule has 34 heavy (non-hydrogen) atoms. The number of benzene rings is 2. The minimum absolute atomic E-state index is 0.0504. The summed E-state index contributed by atoms with van der Waals surface area (Å²) in [5, 5.41) is 17.2. The van der Waals surface area contributed by atoms with Crippen LogP contribution < -0.4 is 5.32 Å². The van der Waals surface area contributed by atoms with Crippen molar-refractivity contribution in [3.8, 4) is 5.69 Å². The van der Waals surface area contributed by atoms with E-state index in [2.05, 4.69) is 43.9 Å². The van der Waals surface area contributed by atoms with Crippen LogP contribution in [-0.4, -0.2) is 36.2 Å². The second-order valence-corrected chi connectivity index (χ2v) is 8.96. The van der Waals surface area contributed by atoms with Crippen molar-refractivity contribution < 1.29 is 4.79 Å². The number of para-hydroxylation sites is 1. The Morgan fingerprint density at radius 3 is 2.47 bits per heavy atom. The minimum Gasteiger partial charge on any atom is -0.323 e. The highest BCUT2D eigenvalue weighted by molar-refractivity contribution is 7.99. The molecule has 2 heterocycles. The second kappa shape index (κ2) is 11.0. The van der Waals surface area contributed by atoms with Crippen LogP contribution in [0.25, 0.3) is 5.69 Å². The summed E-state index contributed by atoms with van der Waals surface area (Å²) in [6.07, 6.45) is 2.90. The number of hydrogen-bond acceptors (Lipinski definition) is 5. The first-order valence-electron chi connectivity index (χ1n) is 11.2. The molecular weight excluding hydrogens is 444 g/mol. The van der Waals surface area contributed by atoms with Crippen LogP contribution in [0.3, 0.4) is 0 Å². The van der Waals surface area contributed by atoms with Crippen molar-refractivity contribution in [2.45, 2.75) is 38.4 Å². The third kappa shape index (κ3) is 5.46. The van der Waals surface area contributed by atoms with Gasteiger partial charge in [0.05, 0.1) is 22.8 Å². The highest BCUT2D eigenvalue weighted by atomic mass is 32.2. The number of aromatic nitrogens is 5. The fourth-order valence-corrected chi connectivity index (χ4v) is 4.63. The Hall–Kier alpha value is -3.65. The van der Waals surface area contributed by atoms with Crippen molar-refractivity contribution >= 4 is 23.4 Å². The molecule has 0 saturated heterocycles. The molecule has 8 heteroatoms. The molecule has 2 aromatic carbocycles.